The molecule has 0 aliphatic rings. The predicted octanol–water partition coefficient (Wildman–Crippen LogP) is 16.1. The summed E-state index contributed by atoms with van der Waals surface area (Å²) >= 11 is 0. The van der Waals surface area contributed by atoms with Crippen LogP contribution < -0.4 is 0 Å². The summed E-state index contributed by atoms with van der Waals surface area (Å²) in [6.07, 6.45) is 55.0. The second-order valence-corrected chi connectivity index (χ2v) is 12.9. The smallest absolute Gasteiger partial charge is 0.00860 e. The summed E-state index contributed by atoms with van der Waals surface area (Å²) in [5.74, 6) is 2.69. The molecule has 252 valence electrons. The third-order valence-corrected chi connectivity index (χ3v) is 8.39. The minimum absolute atomic E-state index is 0.969. The summed E-state index contributed by atoms with van der Waals surface area (Å²) in [4.78, 5) is 0. The van der Waals surface area contributed by atoms with Crippen LogP contribution in [-0.2, 0) is 0 Å². The van der Waals surface area contributed by atoms with E-state index in [4.69, 9.17) is 6.42 Å². The van der Waals surface area contributed by atoms with Gasteiger partial charge in [-0.15, -0.1) is 18.9 Å². The van der Waals surface area contributed by atoms with Crippen molar-refractivity contribution >= 4 is 0 Å². The highest BCUT2D eigenvalue weighted by Crippen LogP contribution is 2.13. The summed E-state index contributed by atoms with van der Waals surface area (Å²) in [5.41, 5.74) is 0. The first kappa shape index (κ1) is 45.7. The highest BCUT2D eigenvalue weighted by Gasteiger charge is 1.93. The second kappa shape index (κ2) is 50.0. The fourth-order valence-corrected chi connectivity index (χ4v) is 5.40. The monoisotopic (exact) mass is 589 g/mol. The van der Waals surface area contributed by atoms with E-state index in [2.05, 4.69) is 40.2 Å². The van der Waals surface area contributed by atoms with Crippen molar-refractivity contribution in [3.8, 4) is 12.3 Å². The van der Waals surface area contributed by atoms with Gasteiger partial charge >= 0.3 is 0 Å². The van der Waals surface area contributed by atoms with Crippen LogP contribution in [0.25, 0.3) is 0 Å². The molecule has 0 aromatic rings. The highest BCUT2D eigenvalue weighted by molar-refractivity contribution is 4.82. The lowest BCUT2D eigenvalue weighted by atomic mass is 10.1. The van der Waals surface area contributed by atoms with E-state index in [-0.39, 0.29) is 0 Å². The normalized spacial score (nSPS) is 10.4. The molecule has 0 unspecified atom stereocenters. The summed E-state index contributed by atoms with van der Waals surface area (Å²) in [6, 6.07) is 0. The molecule has 0 bridgehead atoms. The summed E-state index contributed by atoms with van der Waals surface area (Å²) in [5, 5.41) is 0. The van der Waals surface area contributed by atoms with Crippen LogP contribution in [0.15, 0.2) is 12.7 Å². The fraction of sp³-hybridized carbons (Fsp3) is 0.905. The molecule has 0 heteroatoms. The Labute approximate surface area is 270 Å². The Morgan fingerprint density at radius 1 is 0.357 bits per heavy atom. The average molecular weight is 589 g/mol. The van der Waals surface area contributed by atoms with E-state index in [0.29, 0.717) is 0 Å². The van der Waals surface area contributed by atoms with E-state index in [9.17, 15) is 0 Å². The Balaban J connectivity index is -0.000000543. The molecule has 0 N–H and O–H groups in total. The Bertz CT molecular complexity index is 443. The van der Waals surface area contributed by atoms with Gasteiger partial charge in [-0.25, -0.2) is 0 Å². The quantitative estimate of drug-likeness (QED) is 0.0416. The van der Waals surface area contributed by atoms with Crippen molar-refractivity contribution in [3.05, 3.63) is 12.7 Å². The van der Waals surface area contributed by atoms with Gasteiger partial charge in [0, 0.05) is 6.42 Å². The van der Waals surface area contributed by atoms with Gasteiger partial charge in [0.1, 0.15) is 0 Å². The average Bonchev–Trinajstić information content (AvgIpc) is 3.01. The summed E-state index contributed by atoms with van der Waals surface area (Å²) in [6.45, 7) is 12.9. The third kappa shape index (κ3) is 55.3. The van der Waals surface area contributed by atoms with Crippen LogP contribution in [0.5, 0.6) is 0 Å². The van der Waals surface area contributed by atoms with Crippen molar-refractivity contribution in [2.24, 2.45) is 0 Å². The number of allylic oxidation sites excluding steroid dienone is 1. The van der Waals surface area contributed by atoms with Crippen LogP contribution in [-0.4, -0.2) is 0 Å². The van der Waals surface area contributed by atoms with E-state index >= 15 is 0 Å². The van der Waals surface area contributed by atoms with Gasteiger partial charge < -0.3 is 0 Å². The Kier molecular flexibility index (Phi) is 54.4. The highest BCUT2D eigenvalue weighted by atomic mass is 14.0. The van der Waals surface area contributed by atoms with E-state index in [1.54, 1.807) is 0 Å². The zero-order chi connectivity index (χ0) is 31.5. The standard InChI is InChI=1S/C14H30.C14H28.C14H26/c3*1-3-5-7-9-11-13-14-12-10-8-6-4-2/h3-14H2,1-2H3;3H,1,4-14H2,2H3;1H,4-14H2,2H3. The molecule has 0 saturated heterocycles. The van der Waals surface area contributed by atoms with Gasteiger partial charge in [-0.2, -0.15) is 0 Å². The van der Waals surface area contributed by atoms with E-state index in [1.807, 2.05) is 6.08 Å². The largest absolute Gasteiger partial charge is 0.120 e. The van der Waals surface area contributed by atoms with Crippen LogP contribution in [0.3, 0.4) is 0 Å². The third-order valence-electron chi connectivity index (χ3n) is 8.39. The van der Waals surface area contributed by atoms with Gasteiger partial charge in [-0.1, -0.05) is 226 Å². The molecule has 0 heterocycles. The maximum Gasteiger partial charge on any atom is 0.00860 e. The molecule has 0 saturated carbocycles. The van der Waals surface area contributed by atoms with Gasteiger partial charge in [0.25, 0.3) is 0 Å². The van der Waals surface area contributed by atoms with Crippen molar-refractivity contribution in [2.75, 3.05) is 0 Å². The number of hydrogen-bond acceptors (Lipinski definition) is 0. The lowest BCUT2D eigenvalue weighted by Gasteiger charge is -2.01. The van der Waals surface area contributed by atoms with Crippen LogP contribution in [0, 0.1) is 12.3 Å². The van der Waals surface area contributed by atoms with E-state index in [1.165, 1.54) is 212 Å². The number of terminal acetylenes is 1. The molecular formula is C42H84. The van der Waals surface area contributed by atoms with Crippen LogP contribution in [0.2, 0.25) is 0 Å². The van der Waals surface area contributed by atoms with Crippen LogP contribution >= 0.6 is 0 Å². The van der Waals surface area contributed by atoms with E-state index < -0.39 is 0 Å². The van der Waals surface area contributed by atoms with Gasteiger partial charge in [0.05, 0.1) is 0 Å². The SMILES string of the molecule is C#CCCCCCCCCCCCC.C=CCCCCCCCCCCCC.CCCCCCCCCCCCCC. The molecule has 0 spiro atoms. The molecule has 0 radical (unpaired) electrons. The zero-order valence-corrected chi connectivity index (χ0v) is 30.4. The Morgan fingerprint density at radius 2 is 0.571 bits per heavy atom. The van der Waals surface area contributed by atoms with E-state index in [0.717, 1.165) is 6.42 Å². The molecule has 42 heavy (non-hydrogen) atoms. The maximum atomic E-state index is 5.19. The Morgan fingerprint density at radius 3 is 0.786 bits per heavy atom. The molecule has 0 amide bonds. The second-order valence-electron chi connectivity index (χ2n) is 12.9. The molecule has 0 nitrogen and oxygen atoms in total. The first-order valence-corrected chi connectivity index (χ1v) is 19.8. The van der Waals surface area contributed by atoms with Crippen molar-refractivity contribution in [3.63, 3.8) is 0 Å². The van der Waals surface area contributed by atoms with Crippen molar-refractivity contribution in [2.45, 2.75) is 246 Å². The minimum Gasteiger partial charge on any atom is -0.120 e. The molecule has 0 aromatic carbocycles. The number of unbranched alkanes of at least 4 members (excludes halogenated alkanes) is 31. The molecular weight excluding hydrogens is 504 g/mol. The molecule has 0 rings (SSSR count). The van der Waals surface area contributed by atoms with Crippen molar-refractivity contribution in [1.82, 2.24) is 0 Å². The number of hydrogen-bond donors (Lipinski definition) is 0. The van der Waals surface area contributed by atoms with Gasteiger partial charge in [0.2, 0.25) is 0 Å². The first-order valence-electron chi connectivity index (χ1n) is 19.8. The van der Waals surface area contributed by atoms with Crippen molar-refractivity contribution in [1.29, 1.82) is 0 Å². The Hall–Kier alpha value is -0.700. The predicted molar refractivity (Wildman–Crippen MR) is 199 cm³/mol. The fourth-order valence-electron chi connectivity index (χ4n) is 5.40. The summed E-state index contributed by atoms with van der Waals surface area (Å²) < 4.78 is 0. The lowest BCUT2D eigenvalue weighted by molar-refractivity contribution is 0.548. The number of rotatable bonds is 32. The van der Waals surface area contributed by atoms with Crippen LogP contribution in [0.1, 0.15) is 246 Å². The molecule has 0 aliphatic heterocycles. The molecule has 0 atom stereocenters. The maximum absolute atomic E-state index is 5.19. The minimum atomic E-state index is 0.969. The topological polar surface area (TPSA) is 0 Å². The van der Waals surface area contributed by atoms with Gasteiger partial charge in [0.15, 0.2) is 0 Å². The van der Waals surface area contributed by atoms with Gasteiger partial charge in [-0.05, 0) is 19.3 Å². The van der Waals surface area contributed by atoms with Gasteiger partial charge in [-0.3, -0.25) is 0 Å². The summed E-state index contributed by atoms with van der Waals surface area (Å²) in [7, 11) is 0. The van der Waals surface area contributed by atoms with Crippen molar-refractivity contribution < 1.29 is 0 Å². The molecule has 0 aromatic heterocycles. The molecule has 0 aliphatic carbocycles. The zero-order valence-electron chi connectivity index (χ0n) is 30.4. The first-order chi connectivity index (χ1) is 20.7. The molecule has 0 fully saturated rings. The van der Waals surface area contributed by atoms with Crippen LogP contribution in [0.4, 0.5) is 0 Å². The lowest BCUT2D eigenvalue weighted by Crippen LogP contribution is -1.81.